The van der Waals surface area contributed by atoms with Crippen molar-refractivity contribution in [3.8, 4) is 11.5 Å². The van der Waals surface area contributed by atoms with Crippen LogP contribution in [0, 0.1) is 16.0 Å². The highest BCUT2D eigenvalue weighted by Crippen LogP contribution is 2.29. The molecule has 39 heavy (non-hydrogen) atoms. The van der Waals surface area contributed by atoms with E-state index in [4.69, 9.17) is 9.47 Å². The first kappa shape index (κ1) is 27.6. The molecule has 2 aliphatic rings. The van der Waals surface area contributed by atoms with Crippen molar-refractivity contribution < 1.29 is 33.6 Å². The monoisotopic (exact) mass is 538 g/mol. The molecule has 4 amide bonds. The lowest BCUT2D eigenvalue weighted by atomic mass is 9.96. The Morgan fingerprint density at radius 2 is 1.69 bits per heavy atom. The lowest BCUT2D eigenvalue weighted by molar-refractivity contribution is -0.384. The molecule has 0 bridgehead atoms. The van der Waals surface area contributed by atoms with Gasteiger partial charge in [-0.1, -0.05) is 0 Å². The number of nitrogens with zero attached hydrogens (tertiary/aromatic N) is 3. The van der Waals surface area contributed by atoms with Crippen LogP contribution in [0.3, 0.4) is 0 Å². The number of ether oxygens (including phenoxy) is 2. The van der Waals surface area contributed by atoms with E-state index >= 15 is 0 Å². The topological polar surface area (TPSA) is 148 Å². The van der Waals surface area contributed by atoms with Crippen molar-refractivity contribution in [1.82, 2.24) is 15.1 Å². The summed E-state index contributed by atoms with van der Waals surface area (Å²) >= 11 is 0. The average molecular weight is 539 g/mol. The third-order valence-corrected chi connectivity index (χ3v) is 7.07. The summed E-state index contributed by atoms with van der Waals surface area (Å²) in [7, 11) is 3.06. The van der Waals surface area contributed by atoms with Gasteiger partial charge in [-0.3, -0.25) is 34.2 Å². The van der Waals surface area contributed by atoms with Crippen LogP contribution in [0.25, 0.3) is 0 Å². The van der Waals surface area contributed by atoms with Crippen LogP contribution in [-0.2, 0) is 4.79 Å². The summed E-state index contributed by atoms with van der Waals surface area (Å²) in [6.45, 7) is 1.68. The number of carbonyl (C=O) groups excluding carboxylic acids is 4. The van der Waals surface area contributed by atoms with Crippen LogP contribution in [0.1, 0.15) is 56.8 Å². The van der Waals surface area contributed by atoms with Gasteiger partial charge in [0.05, 0.1) is 30.3 Å². The third-order valence-electron chi connectivity index (χ3n) is 7.07. The van der Waals surface area contributed by atoms with Gasteiger partial charge in [0, 0.05) is 50.3 Å². The van der Waals surface area contributed by atoms with Gasteiger partial charge in [0.25, 0.3) is 23.4 Å². The van der Waals surface area contributed by atoms with E-state index in [1.165, 1.54) is 26.4 Å². The molecule has 0 radical (unpaired) electrons. The number of methoxy groups -OCH3 is 2. The number of benzene rings is 2. The van der Waals surface area contributed by atoms with Gasteiger partial charge in [0.15, 0.2) is 11.5 Å². The van der Waals surface area contributed by atoms with Crippen LogP contribution in [0.15, 0.2) is 36.4 Å². The zero-order chi connectivity index (χ0) is 28.1. The summed E-state index contributed by atoms with van der Waals surface area (Å²) in [5.41, 5.74) is 0.406. The highest BCUT2D eigenvalue weighted by Gasteiger charge is 2.36. The summed E-state index contributed by atoms with van der Waals surface area (Å²) in [6.07, 6.45) is 1.91. The van der Waals surface area contributed by atoms with Crippen LogP contribution in [0.2, 0.25) is 0 Å². The molecule has 2 heterocycles. The van der Waals surface area contributed by atoms with Crippen LogP contribution >= 0.6 is 0 Å². The van der Waals surface area contributed by atoms with Crippen LogP contribution in [0.4, 0.5) is 5.69 Å². The minimum atomic E-state index is -0.620. The molecule has 0 aliphatic carbocycles. The van der Waals surface area contributed by atoms with Gasteiger partial charge in [-0.15, -0.1) is 0 Å². The molecule has 12 nitrogen and oxygen atoms in total. The van der Waals surface area contributed by atoms with E-state index in [-0.39, 0.29) is 53.9 Å². The molecule has 206 valence electrons. The van der Waals surface area contributed by atoms with E-state index < -0.39 is 16.7 Å². The predicted molar refractivity (Wildman–Crippen MR) is 139 cm³/mol. The molecule has 2 aromatic rings. The van der Waals surface area contributed by atoms with E-state index in [0.29, 0.717) is 36.7 Å². The number of nitro benzene ring substituents is 1. The lowest BCUT2D eigenvalue weighted by Crippen LogP contribution is -2.41. The van der Waals surface area contributed by atoms with Gasteiger partial charge in [0.1, 0.15) is 0 Å². The Morgan fingerprint density at radius 1 is 1.00 bits per heavy atom. The number of rotatable bonds is 10. The standard InChI is InChI=1S/C27H30N4O8/c1-38-22-8-5-18(14-23(22)39-2)25(33)29-12-9-17(10-13-29)16-28-24(32)4-3-11-30-26(34)20-7-6-19(31(36)37)15-21(20)27(30)35/h5-8,14-15,17H,3-4,9-13,16H2,1-2H3,(H,28,32). The molecule has 0 unspecified atom stereocenters. The second-order valence-corrected chi connectivity index (χ2v) is 9.46. The number of piperidine rings is 1. The second kappa shape index (κ2) is 11.9. The molecule has 4 rings (SSSR count). The molecule has 1 N–H and O–H groups in total. The van der Waals surface area contributed by atoms with Crippen molar-refractivity contribution in [2.24, 2.45) is 5.92 Å². The number of carbonyl (C=O) groups is 4. The minimum Gasteiger partial charge on any atom is -0.493 e. The first-order valence-corrected chi connectivity index (χ1v) is 12.7. The lowest BCUT2D eigenvalue weighted by Gasteiger charge is -2.32. The number of amides is 4. The number of fused-ring (bicyclic) bond motifs is 1. The summed E-state index contributed by atoms with van der Waals surface area (Å²) in [5.74, 6) is -0.0951. The van der Waals surface area contributed by atoms with Gasteiger partial charge < -0.3 is 19.7 Å². The van der Waals surface area contributed by atoms with E-state index in [2.05, 4.69) is 5.32 Å². The molecular formula is C27H30N4O8. The Morgan fingerprint density at radius 3 is 2.36 bits per heavy atom. The number of nitrogens with one attached hydrogen (secondary N) is 1. The molecule has 0 saturated carbocycles. The van der Waals surface area contributed by atoms with E-state index in [0.717, 1.165) is 23.8 Å². The molecule has 12 heteroatoms. The predicted octanol–water partition coefficient (Wildman–Crippen LogP) is 2.66. The number of non-ortho nitro benzene ring substituents is 1. The Balaban J connectivity index is 1.18. The molecule has 1 saturated heterocycles. The molecular weight excluding hydrogens is 508 g/mol. The van der Waals surface area contributed by atoms with Gasteiger partial charge in [-0.2, -0.15) is 0 Å². The van der Waals surface area contributed by atoms with Crippen LogP contribution in [0.5, 0.6) is 11.5 Å². The van der Waals surface area contributed by atoms with E-state index in [1.54, 1.807) is 23.1 Å². The first-order valence-electron chi connectivity index (χ1n) is 12.7. The Bertz CT molecular complexity index is 1300. The molecule has 0 atom stereocenters. The first-order chi connectivity index (χ1) is 18.7. The normalized spacial score (nSPS) is 15.2. The largest absolute Gasteiger partial charge is 0.493 e. The zero-order valence-corrected chi connectivity index (χ0v) is 21.8. The van der Waals surface area contributed by atoms with Crippen molar-refractivity contribution in [1.29, 1.82) is 0 Å². The summed E-state index contributed by atoms with van der Waals surface area (Å²) in [6, 6.07) is 8.66. The van der Waals surface area contributed by atoms with Crippen molar-refractivity contribution in [2.75, 3.05) is 40.4 Å². The Labute approximate surface area is 225 Å². The molecule has 0 spiro atoms. The van der Waals surface area contributed by atoms with Crippen molar-refractivity contribution in [3.05, 3.63) is 63.2 Å². The highest BCUT2D eigenvalue weighted by molar-refractivity contribution is 6.21. The average Bonchev–Trinajstić information content (AvgIpc) is 3.19. The molecule has 1 fully saturated rings. The smallest absolute Gasteiger partial charge is 0.270 e. The van der Waals surface area contributed by atoms with Crippen LogP contribution in [-0.4, -0.2) is 78.8 Å². The van der Waals surface area contributed by atoms with E-state index in [9.17, 15) is 29.3 Å². The summed E-state index contributed by atoms with van der Waals surface area (Å²) in [4.78, 5) is 63.5. The van der Waals surface area contributed by atoms with Gasteiger partial charge in [-0.25, -0.2) is 0 Å². The van der Waals surface area contributed by atoms with Gasteiger partial charge in [-0.05, 0) is 49.4 Å². The number of hydrogen-bond donors (Lipinski definition) is 1. The number of hydrogen-bond acceptors (Lipinski definition) is 8. The van der Waals surface area contributed by atoms with Crippen molar-refractivity contribution in [3.63, 3.8) is 0 Å². The van der Waals surface area contributed by atoms with Gasteiger partial charge in [0.2, 0.25) is 5.91 Å². The molecule has 0 aromatic heterocycles. The van der Waals surface area contributed by atoms with Crippen LogP contribution < -0.4 is 14.8 Å². The maximum absolute atomic E-state index is 12.9. The van der Waals surface area contributed by atoms with Crippen molar-refractivity contribution in [2.45, 2.75) is 25.7 Å². The Hall–Kier alpha value is -4.48. The number of likely N-dealkylation sites (tertiary alicyclic amines) is 1. The van der Waals surface area contributed by atoms with E-state index in [1.807, 2.05) is 0 Å². The number of imide groups is 1. The fraction of sp³-hybridized carbons (Fsp3) is 0.407. The minimum absolute atomic E-state index is 0.00889. The maximum atomic E-state index is 12.9. The summed E-state index contributed by atoms with van der Waals surface area (Å²) in [5, 5.41) is 13.9. The SMILES string of the molecule is COc1ccc(C(=O)N2CCC(CNC(=O)CCCN3C(=O)c4ccc([N+](=O)[O-])cc4C3=O)CC2)cc1OC. The second-order valence-electron chi connectivity index (χ2n) is 9.46. The fourth-order valence-corrected chi connectivity index (χ4v) is 4.83. The number of nitro groups is 1. The molecule has 2 aliphatic heterocycles. The summed E-state index contributed by atoms with van der Waals surface area (Å²) < 4.78 is 10.5. The Kier molecular flexibility index (Phi) is 8.43. The highest BCUT2D eigenvalue weighted by atomic mass is 16.6. The van der Waals surface area contributed by atoms with Crippen molar-refractivity contribution >= 4 is 29.3 Å². The van der Waals surface area contributed by atoms with Gasteiger partial charge >= 0.3 is 0 Å². The molecule has 2 aromatic carbocycles. The quantitative estimate of drug-likeness (QED) is 0.276. The fourth-order valence-electron chi connectivity index (χ4n) is 4.83. The zero-order valence-electron chi connectivity index (χ0n) is 21.8. The third kappa shape index (κ3) is 6.00. The maximum Gasteiger partial charge on any atom is 0.270 e.